The molecule has 210 valence electrons. The summed E-state index contributed by atoms with van der Waals surface area (Å²) in [5.74, 6) is -0.380. The van der Waals surface area contributed by atoms with Gasteiger partial charge < -0.3 is 20.4 Å². The van der Waals surface area contributed by atoms with Gasteiger partial charge in [-0.25, -0.2) is 4.79 Å². The van der Waals surface area contributed by atoms with E-state index in [2.05, 4.69) is 30.4 Å². The van der Waals surface area contributed by atoms with Crippen LogP contribution in [-0.2, 0) is 19.2 Å². The monoisotopic (exact) mass is 536 g/mol. The average molecular weight is 537 g/mol. The van der Waals surface area contributed by atoms with Crippen LogP contribution in [0.1, 0.15) is 83.7 Å². The number of nitrogens with one attached hydrogen (secondary N) is 1. The summed E-state index contributed by atoms with van der Waals surface area (Å²) in [5, 5.41) is 27.6. The van der Waals surface area contributed by atoms with E-state index in [9.17, 15) is 24.6 Å². The fourth-order valence-electron chi connectivity index (χ4n) is 8.55. The Morgan fingerprint density at radius 2 is 1.77 bits per heavy atom. The molecule has 0 bridgehead atoms. The Hall–Kier alpha value is -3.00. The highest BCUT2D eigenvalue weighted by Crippen LogP contribution is 2.67. The summed E-state index contributed by atoms with van der Waals surface area (Å²) in [7, 11) is 0. The summed E-state index contributed by atoms with van der Waals surface area (Å²) in [6.07, 6.45) is 9.21. The van der Waals surface area contributed by atoms with Crippen molar-refractivity contribution in [1.29, 1.82) is 0 Å². The highest BCUT2D eigenvalue weighted by atomic mass is 16.6. The predicted molar refractivity (Wildman–Crippen MR) is 146 cm³/mol. The topological polar surface area (TPSA) is 125 Å². The summed E-state index contributed by atoms with van der Waals surface area (Å²) in [4.78, 5) is 41.9. The van der Waals surface area contributed by atoms with Crippen molar-refractivity contribution in [1.82, 2.24) is 5.32 Å². The first-order valence-electron chi connectivity index (χ1n) is 14.2. The fraction of sp³-hybridized carbons (Fsp3) is 0.613. The fourth-order valence-corrected chi connectivity index (χ4v) is 8.55. The predicted octanol–water partition coefficient (Wildman–Crippen LogP) is 4.58. The molecule has 0 aromatic heterocycles. The number of carboxylic acids is 1. The molecule has 0 unspecified atom stereocenters. The van der Waals surface area contributed by atoms with Crippen molar-refractivity contribution < 1.29 is 29.4 Å². The highest BCUT2D eigenvalue weighted by Gasteiger charge is 2.65. The highest BCUT2D eigenvalue weighted by molar-refractivity contribution is 5.96. The van der Waals surface area contributed by atoms with Gasteiger partial charge in [0.1, 0.15) is 5.60 Å². The number of fused-ring (bicyclic) bond motifs is 5. The van der Waals surface area contributed by atoms with Crippen LogP contribution in [0.2, 0.25) is 0 Å². The Morgan fingerprint density at radius 3 is 2.46 bits per heavy atom. The minimum absolute atomic E-state index is 0.0575. The van der Waals surface area contributed by atoms with E-state index in [0.29, 0.717) is 29.7 Å². The molecule has 1 amide bonds. The Kier molecular flexibility index (Phi) is 7.20. The van der Waals surface area contributed by atoms with Crippen molar-refractivity contribution in [2.45, 2.75) is 83.8 Å². The number of ketones is 1. The number of Topliss-reactive ketones (excluding diaryl/α,β-unsaturated/α-hetero) is 1. The molecular formula is C31H40N2O6. The second-order valence-corrected chi connectivity index (χ2v) is 12.5. The Morgan fingerprint density at radius 1 is 1.05 bits per heavy atom. The Labute approximate surface area is 229 Å². The number of hydrogen-bond acceptors (Lipinski definition) is 6. The zero-order chi connectivity index (χ0) is 28.0. The molecule has 0 aliphatic heterocycles. The van der Waals surface area contributed by atoms with Crippen molar-refractivity contribution in [2.75, 3.05) is 6.61 Å². The minimum atomic E-state index is -1.19. The van der Waals surface area contributed by atoms with Crippen LogP contribution in [0.4, 0.5) is 0 Å². The molecule has 39 heavy (non-hydrogen) atoms. The van der Waals surface area contributed by atoms with Crippen LogP contribution >= 0.6 is 0 Å². The number of nitrogens with zero attached hydrogens (tertiary/aromatic N) is 1. The van der Waals surface area contributed by atoms with Gasteiger partial charge in [-0.2, -0.15) is 0 Å². The van der Waals surface area contributed by atoms with Crippen LogP contribution < -0.4 is 5.32 Å². The molecule has 0 heterocycles. The second-order valence-electron chi connectivity index (χ2n) is 12.5. The normalized spacial score (nSPS) is 37.1. The van der Waals surface area contributed by atoms with E-state index in [1.165, 1.54) is 5.57 Å². The van der Waals surface area contributed by atoms with Crippen LogP contribution in [-0.4, -0.2) is 45.8 Å². The van der Waals surface area contributed by atoms with Crippen LogP contribution in [0.25, 0.3) is 0 Å². The summed E-state index contributed by atoms with van der Waals surface area (Å²) in [6, 6.07) is 7.40. The third kappa shape index (κ3) is 4.60. The number of oxime groups is 1. The SMILES string of the molecule is CC(=O)[C@]1(O)CC[C@@H]2[C@@H]3CCC4=CC(=NOCC(=O)N[C@@H](C(=O)O)c5ccccc5)CC[C@]4(C)[C@@H]3CC[C@@]21C. The van der Waals surface area contributed by atoms with Crippen molar-refractivity contribution in [3.63, 3.8) is 0 Å². The van der Waals surface area contributed by atoms with Gasteiger partial charge >= 0.3 is 5.97 Å². The van der Waals surface area contributed by atoms with Gasteiger partial charge in [-0.15, -0.1) is 0 Å². The number of carbonyl (C=O) groups is 3. The lowest BCUT2D eigenvalue weighted by Gasteiger charge is -2.59. The molecule has 7 atom stereocenters. The number of benzene rings is 1. The van der Waals surface area contributed by atoms with Gasteiger partial charge in [-0.05, 0) is 93.1 Å². The lowest BCUT2D eigenvalue weighted by Crippen LogP contribution is -2.57. The second kappa shape index (κ2) is 10.2. The van der Waals surface area contributed by atoms with E-state index in [0.717, 1.165) is 50.7 Å². The van der Waals surface area contributed by atoms with Crippen molar-refractivity contribution in [3.8, 4) is 0 Å². The number of carboxylic acid groups (broad SMARTS) is 1. The number of amides is 1. The van der Waals surface area contributed by atoms with Crippen LogP contribution in [0.3, 0.4) is 0 Å². The largest absolute Gasteiger partial charge is 0.479 e. The molecule has 3 saturated carbocycles. The number of rotatable bonds is 7. The van der Waals surface area contributed by atoms with Gasteiger partial charge in [-0.3, -0.25) is 9.59 Å². The van der Waals surface area contributed by atoms with Gasteiger partial charge in [0.2, 0.25) is 0 Å². The molecule has 1 aromatic carbocycles. The lowest BCUT2D eigenvalue weighted by atomic mass is 9.46. The van der Waals surface area contributed by atoms with Crippen LogP contribution in [0.15, 0.2) is 47.1 Å². The zero-order valence-electron chi connectivity index (χ0n) is 23.1. The number of carbonyl (C=O) groups excluding carboxylic acids is 2. The first kappa shape index (κ1) is 27.6. The van der Waals surface area contributed by atoms with Gasteiger partial charge in [0, 0.05) is 5.41 Å². The molecule has 0 spiro atoms. The van der Waals surface area contributed by atoms with Gasteiger partial charge in [-0.1, -0.05) is 54.9 Å². The number of hydrogen-bond donors (Lipinski definition) is 3. The molecule has 8 nitrogen and oxygen atoms in total. The van der Waals surface area contributed by atoms with Crippen molar-refractivity contribution >= 4 is 23.4 Å². The van der Waals surface area contributed by atoms with Gasteiger partial charge in [0.15, 0.2) is 18.4 Å². The minimum Gasteiger partial charge on any atom is -0.479 e. The van der Waals surface area contributed by atoms with Crippen molar-refractivity contribution in [3.05, 3.63) is 47.5 Å². The average Bonchev–Trinajstić information content (AvgIpc) is 3.19. The Bertz CT molecular complexity index is 1210. The first-order valence-corrected chi connectivity index (χ1v) is 14.2. The molecule has 3 N–H and O–H groups in total. The summed E-state index contributed by atoms with van der Waals surface area (Å²) in [6.45, 7) is 5.70. The molecule has 0 saturated heterocycles. The number of aliphatic hydroxyl groups is 1. The maximum absolute atomic E-state index is 12.5. The molecule has 0 radical (unpaired) electrons. The summed E-state index contributed by atoms with van der Waals surface area (Å²) in [5.41, 5.74) is 1.19. The van der Waals surface area contributed by atoms with Gasteiger partial charge in [0.05, 0.1) is 5.71 Å². The van der Waals surface area contributed by atoms with E-state index in [1.807, 2.05) is 0 Å². The van der Waals surface area contributed by atoms with E-state index in [4.69, 9.17) is 4.84 Å². The third-order valence-electron chi connectivity index (χ3n) is 10.8. The smallest absolute Gasteiger partial charge is 0.330 e. The van der Waals surface area contributed by atoms with E-state index >= 15 is 0 Å². The maximum Gasteiger partial charge on any atom is 0.330 e. The standard InChI is InChI=1S/C31H40N2O6/c1-19(34)31(38)16-13-25-23-10-9-21-17-22(11-14-29(21,2)24(23)12-15-30(25,31)3)33-39-18-26(35)32-27(28(36)37)20-7-5-4-6-8-20/h4-8,17,23-25,27,38H,9-16,18H2,1-3H3,(H,32,35)(H,36,37)/t23-,24-,25-,27-,29+,30+,31-/m1/s1. The van der Waals surface area contributed by atoms with Crippen LogP contribution in [0.5, 0.6) is 0 Å². The number of allylic oxidation sites excluding steroid dienone is 2. The Balaban J connectivity index is 1.23. The first-order chi connectivity index (χ1) is 18.5. The van der Waals surface area contributed by atoms with E-state index in [1.54, 1.807) is 37.3 Å². The van der Waals surface area contributed by atoms with E-state index < -0.39 is 23.5 Å². The molecule has 5 rings (SSSR count). The van der Waals surface area contributed by atoms with Crippen LogP contribution in [0, 0.1) is 28.6 Å². The molecular weight excluding hydrogens is 496 g/mol. The summed E-state index contributed by atoms with van der Waals surface area (Å²) >= 11 is 0. The molecule has 4 aliphatic carbocycles. The summed E-state index contributed by atoms with van der Waals surface area (Å²) < 4.78 is 0. The molecule has 8 heteroatoms. The third-order valence-corrected chi connectivity index (χ3v) is 10.8. The quantitative estimate of drug-likeness (QED) is 0.438. The molecule has 4 aliphatic rings. The number of aliphatic carboxylic acids is 1. The van der Waals surface area contributed by atoms with E-state index in [-0.39, 0.29) is 23.2 Å². The molecule has 1 aromatic rings. The zero-order valence-corrected chi connectivity index (χ0v) is 23.1. The van der Waals surface area contributed by atoms with Gasteiger partial charge in [0.25, 0.3) is 5.91 Å². The van der Waals surface area contributed by atoms with Crippen molar-refractivity contribution in [2.24, 2.45) is 33.7 Å². The maximum atomic E-state index is 12.5. The lowest BCUT2D eigenvalue weighted by molar-refractivity contribution is -0.159. The molecule has 3 fully saturated rings.